The second-order valence-corrected chi connectivity index (χ2v) is 5.83. The fourth-order valence-corrected chi connectivity index (χ4v) is 2.61. The maximum absolute atomic E-state index is 11.2. The Kier molecular flexibility index (Phi) is 3.39. The van der Waals surface area contributed by atoms with E-state index in [0.29, 0.717) is 17.3 Å². The largest absolute Gasteiger partial charge is 0.296 e. The van der Waals surface area contributed by atoms with Crippen LogP contribution < -0.4 is 0 Å². The van der Waals surface area contributed by atoms with E-state index in [2.05, 4.69) is 21.8 Å². The minimum Gasteiger partial charge on any atom is -0.296 e. The third-order valence-electron chi connectivity index (χ3n) is 4.00. The van der Waals surface area contributed by atoms with Gasteiger partial charge in [0.1, 0.15) is 11.4 Å². The van der Waals surface area contributed by atoms with Gasteiger partial charge in [-0.2, -0.15) is 0 Å². The van der Waals surface area contributed by atoms with Gasteiger partial charge < -0.3 is 0 Å². The van der Waals surface area contributed by atoms with Crippen LogP contribution in [-0.2, 0) is 6.42 Å². The van der Waals surface area contributed by atoms with Crippen LogP contribution in [0.5, 0.6) is 0 Å². The second kappa shape index (κ2) is 5.69. The Morgan fingerprint density at radius 3 is 2.78 bits per heavy atom. The minimum absolute atomic E-state index is 0.530. The van der Waals surface area contributed by atoms with Crippen LogP contribution in [0.2, 0.25) is 0 Å². The van der Waals surface area contributed by atoms with Crippen molar-refractivity contribution in [1.82, 2.24) is 14.4 Å². The summed E-state index contributed by atoms with van der Waals surface area (Å²) < 4.78 is 1.80. The average Bonchev–Trinajstić information content (AvgIpc) is 3.30. The van der Waals surface area contributed by atoms with Crippen molar-refractivity contribution in [2.75, 3.05) is 0 Å². The quantitative estimate of drug-likeness (QED) is 0.552. The van der Waals surface area contributed by atoms with E-state index in [-0.39, 0.29) is 0 Å². The van der Waals surface area contributed by atoms with E-state index in [9.17, 15) is 4.79 Å². The highest BCUT2D eigenvalue weighted by Crippen LogP contribution is 2.33. The molecule has 0 N–H and O–H groups in total. The fraction of sp³-hybridized carbons (Fsp3) is 0.211. The number of aldehydes is 1. The van der Waals surface area contributed by atoms with E-state index < -0.39 is 0 Å². The molecule has 4 nitrogen and oxygen atoms in total. The standard InChI is InChI=1S/C19H15N3O/c23-13-17-11-20-19-18(10-15-6-7-15)21-16(12-22(17)19)9-8-14-4-2-1-3-5-14/h1-5,11-13,15H,6-7,10H2. The van der Waals surface area contributed by atoms with Gasteiger partial charge in [0.2, 0.25) is 0 Å². The molecular formula is C19H15N3O. The molecule has 1 fully saturated rings. The Morgan fingerprint density at radius 1 is 1.22 bits per heavy atom. The summed E-state index contributed by atoms with van der Waals surface area (Å²) in [6, 6.07) is 9.81. The zero-order valence-electron chi connectivity index (χ0n) is 12.6. The van der Waals surface area contributed by atoms with E-state index in [4.69, 9.17) is 0 Å². The molecule has 4 heteroatoms. The molecule has 3 aromatic rings. The summed E-state index contributed by atoms with van der Waals surface area (Å²) in [6.45, 7) is 0. The SMILES string of the molecule is O=Cc1cnc2c(CC3CC3)nc(C#Cc3ccccc3)cn12. The van der Waals surface area contributed by atoms with Gasteiger partial charge in [-0.1, -0.05) is 24.1 Å². The Bertz CT molecular complexity index is 928. The number of aromatic nitrogens is 3. The van der Waals surface area contributed by atoms with Gasteiger partial charge in [0.15, 0.2) is 11.9 Å². The van der Waals surface area contributed by atoms with E-state index in [1.54, 1.807) is 16.8 Å². The van der Waals surface area contributed by atoms with Crippen molar-refractivity contribution in [3.8, 4) is 11.8 Å². The van der Waals surface area contributed by atoms with Crippen molar-refractivity contribution >= 4 is 11.9 Å². The predicted octanol–water partition coefficient (Wildman–Crippen LogP) is 2.89. The Balaban J connectivity index is 1.79. The lowest BCUT2D eigenvalue weighted by Gasteiger charge is -2.04. The molecule has 1 aliphatic rings. The minimum atomic E-state index is 0.530. The van der Waals surface area contributed by atoms with Crippen LogP contribution in [0.15, 0.2) is 42.7 Å². The van der Waals surface area contributed by atoms with Gasteiger partial charge in [-0.25, -0.2) is 9.97 Å². The van der Waals surface area contributed by atoms with E-state index >= 15 is 0 Å². The zero-order valence-corrected chi connectivity index (χ0v) is 12.6. The molecule has 0 spiro atoms. The number of carbonyl (C=O) groups is 1. The maximum Gasteiger partial charge on any atom is 0.168 e. The van der Waals surface area contributed by atoms with Crippen molar-refractivity contribution in [3.63, 3.8) is 0 Å². The highest BCUT2D eigenvalue weighted by Gasteiger charge is 2.24. The van der Waals surface area contributed by atoms with Crippen LogP contribution in [0, 0.1) is 17.8 Å². The van der Waals surface area contributed by atoms with E-state index in [1.807, 2.05) is 30.3 Å². The predicted molar refractivity (Wildman–Crippen MR) is 87.2 cm³/mol. The summed E-state index contributed by atoms with van der Waals surface area (Å²) in [7, 11) is 0. The number of nitrogens with zero attached hydrogens (tertiary/aromatic N) is 3. The first-order chi connectivity index (χ1) is 11.3. The number of fused-ring (bicyclic) bond motifs is 1. The van der Waals surface area contributed by atoms with Gasteiger partial charge in [-0.05, 0) is 43.2 Å². The van der Waals surface area contributed by atoms with Crippen LogP contribution >= 0.6 is 0 Å². The van der Waals surface area contributed by atoms with Gasteiger partial charge in [-0.15, -0.1) is 0 Å². The lowest BCUT2D eigenvalue weighted by atomic mass is 10.2. The normalized spacial score (nSPS) is 13.6. The smallest absolute Gasteiger partial charge is 0.168 e. The summed E-state index contributed by atoms with van der Waals surface area (Å²) in [4.78, 5) is 20.2. The van der Waals surface area contributed by atoms with Crippen molar-refractivity contribution in [2.24, 2.45) is 5.92 Å². The molecular weight excluding hydrogens is 286 g/mol. The molecule has 1 aliphatic carbocycles. The molecule has 2 heterocycles. The molecule has 2 aromatic heterocycles. The maximum atomic E-state index is 11.2. The van der Waals surface area contributed by atoms with Crippen molar-refractivity contribution in [3.05, 3.63) is 65.4 Å². The molecule has 1 aromatic carbocycles. The first-order valence-electron chi connectivity index (χ1n) is 7.73. The number of hydrogen-bond donors (Lipinski definition) is 0. The lowest BCUT2D eigenvalue weighted by Crippen LogP contribution is -2.03. The monoisotopic (exact) mass is 301 g/mol. The number of carbonyl (C=O) groups excluding carboxylic acids is 1. The first kappa shape index (κ1) is 13.7. The molecule has 0 unspecified atom stereocenters. The van der Waals surface area contributed by atoms with Gasteiger partial charge >= 0.3 is 0 Å². The van der Waals surface area contributed by atoms with Gasteiger partial charge in [0, 0.05) is 11.8 Å². The molecule has 1 saturated carbocycles. The van der Waals surface area contributed by atoms with Gasteiger partial charge in [0.05, 0.1) is 11.9 Å². The van der Waals surface area contributed by atoms with Crippen LogP contribution in [0.4, 0.5) is 0 Å². The second-order valence-electron chi connectivity index (χ2n) is 5.83. The molecule has 0 radical (unpaired) electrons. The van der Waals surface area contributed by atoms with Crippen LogP contribution in [-0.4, -0.2) is 20.7 Å². The van der Waals surface area contributed by atoms with Crippen LogP contribution in [0.1, 0.15) is 40.3 Å². The number of benzene rings is 1. The Labute approximate surface area is 134 Å². The van der Waals surface area contributed by atoms with Crippen molar-refractivity contribution in [2.45, 2.75) is 19.3 Å². The Hall–Kier alpha value is -2.93. The summed E-state index contributed by atoms with van der Waals surface area (Å²) in [5.74, 6) is 6.91. The van der Waals surface area contributed by atoms with Gasteiger partial charge in [-0.3, -0.25) is 9.20 Å². The number of rotatable bonds is 3. The third-order valence-corrected chi connectivity index (χ3v) is 4.00. The Morgan fingerprint density at radius 2 is 2.04 bits per heavy atom. The van der Waals surface area contributed by atoms with Crippen molar-refractivity contribution < 1.29 is 4.79 Å². The molecule has 0 bridgehead atoms. The first-order valence-corrected chi connectivity index (χ1v) is 7.73. The van der Waals surface area contributed by atoms with Crippen LogP contribution in [0.25, 0.3) is 5.65 Å². The summed E-state index contributed by atoms with van der Waals surface area (Å²) in [5, 5.41) is 0. The molecule has 112 valence electrons. The molecule has 23 heavy (non-hydrogen) atoms. The highest BCUT2D eigenvalue weighted by molar-refractivity contribution is 5.74. The fourth-order valence-electron chi connectivity index (χ4n) is 2.61. The van der Waals surface area contributed by atoms with E-state index in [1.165, 1.54) is 12.8 Å². The summed E-state index contributed by atoms with van der Waals surface area (Å²) >= 11 is 0. The molecule has 4 rings (SSSR count). The molecule has 0 saturated heterocycles. The zero-order chi connectivity index (χ0) is 15.6. The van der Waals surface area contributed by atoms with Crippen LogP contribution in [0.3, 0.4) is 0 Å². The third kappa shape index (κ3) is 2.86. The van der Waals surface area contributed by atoms with E-state index in [0.717, 1.165) is 29.6 Å². The summed E-state index contributed by atoms with van der Waals surface area (Å²) in [6.07, 6.45) is 7.59. The molecule has 0 amide bonds. The number of hydrogen-bond acceptors (Lipinski definition) is 3. The molecule has 0 atom stereocenters. The lowest BCUT2D eigenvalue weighted by molar-refractivity contribution is 0.111. The van der Waals surface area contributed by atoms with Gasteiger partial charge in [0.25, 0.3) is 0 Å². The topological polar surface area (TPSA) is 47.3 Å². The molecule has 0 aliphatic heterocycles. The van der Waals surface area contributed by atoms with Crippen molar-refractivity contribution in [1.29, 1.82) is 0 Å². The average molecular weight is 301 g/mol. The summed E-state index contributed by atoms with van der Waals surface area (Å²) in [5.41, 5.74) is 3.84. The number of imidazole rings is 1. The highest BCUT2D eigenvalue weighted by atomic mass is 16.1.